The molecular weight excluding hydrogens is 394 g/mol. The molecule has 0 bridgehead atoms. The third-order valence-corrected chi connectivity index (χ3v) is 6.61. The average molecular weight is 436 g/mol. The number of esters is 1. The van der Waals surface area contributed by atoms with E-state index in [0.717, 1.165) is 12.8 Å². The number of aliphatic hydroxyl groups excluding tert-OH is 1. The molecule has 0 aliphatic carbocycles. The summed E-state index contributed by atoms with van der Waals surface area (Å²) in [5, 5.41) is 9.85. The summed E-state index contributed by atoms with van der Waals surface area (Å²) in [6.07, 6.45) is 11.5. The molecule has 1 unspecified atom stereocenters. The Balaban J connectivity index is 2.12. The molecule has 0 saturated carbocycles. The SMILES string of the molecule is CCCCCCCCCCCC(=O)OC1CC[N+](C)(CC(O)CS(=O)(=O)[O-])CC1. The van der Waals surface area contributed by atoms with Gasteiger partial charge < -0.3 is 18.9 Å². The predicted molar refractivity (Wildman–Crippen MR) is 112 cm³/mol. The Morgan fingerprint density at radius 3 is 2.10 bits per heavy atom. The molecule has 29 heavy (non-hydrogen) atoms. The van der Waals surface area contributed by atoms with Crippen LogP contribution in [0.5, 0.6) is 0 Å². The van der Waals surface area contributed by atoms with Crippen molar-refractivity contribution in [3.8, 4) is 0 Å². The molecule has 1 rings (SSSR count). The van der Waals surface area contributed by atoms with Gasteiger partial charge in [0.05, 0.1) is 36.0 Å². The van der Waals surface area contributed by atoms with Crippen LogP contribution in [0.4, 0.5) is 0 Å². The van der Waals surface area contributed by atoms with Gasteiger partial charge in [-0.15, -0.1) is 0 Å². The number of carbonyl (C=O) groups excluding carboxylic acids is 1. The highest BCUT2D eigenvalue weighted by Gasteiger charge is 2.33. The van der Waals surface area contributed by atoms with E-state index in [1.165, 1.54) is 44.9 Å². The summed E-state index contributed by atoms with van der Waals surface area (Å²) < 4.78 is 38.4. The first kappa shape index (κ1) is 26.3. The number of likely N-dealkylation sites (N-methyl/N-ethyl adjacent to an activating group) is 1. The minimum Gasteiger partial charge on any atom is -0.748 e. The van der Waals surface area contributed by atoms with E-state index in [0.29, 0.717) is 36.8 Å². The van der Waals surface area contributed by atoms with Crippen molar-refractivity contribution in [3.63, 3.8) is 0 Å². The summed E-state index contributed by atoms with van der Waals surface area (Å²) in [4.78, 5) is 12.0. The molecule has 7 nitrogen and oxygen atoms in total. The Morgan fingerprint density at radius 2 is 1.59 bits per heavy atom. The fourth-order valence-corrected chi connectivity index (χ4v) is 4.67. The van der Waals surface area contributed by atoms with Crippen molar-refractivity contribution in [3.05, 3.63) is 0 Å². The van der Waals surface area contributed by atoms with Gasteiger partial charge in [-0.3, -0.25) is 4.79 Å². The van der Waals surface area contributed by atoms with Gasteiger partial charge in [0.1, 0.15) is 18.8 Å². The number of ether oxygens (including phenoxy) is 1. The Morgan fingerprint density at radius 1 is 1.07 bits per heavy atom. The van der Waals surface area contributed by atoms with Gasteiger partial charge in [0.25, 0.3) is 0 Å². The summed E-state index contributed by atoms with van der Waals surface area (Å²) in [7, 11) is -2.50. The highest BCUT2D eigenvalue weighted by atomic mass is 32.2. The van der Waals surface area contributed by atoms with Gasteiger partial charge in [0.15, 0.2) is 0 Å². The summed E-state index contributed by atoms with van der Waals surface area (Å²) in [6, 6.07) is 0. The van der Waals surface area contributed by atoms with Crippen molar-refractivity contribution in [1.29, 1.82) is 0 Å². The van der Waals surface area contributed by atoms with E-state index in [-0.39, 0.29) is 18.6 Å². The van der Waals surface area contributed by atoms with Crippen LogP contribution in [0.1, 0.15) is 84.0 Å². The van der Waals surface area contributed by atoms with Gasteiger partial charge >= 0.3 is 5.97 Å². The van der Waals surface area contributed by atoms with Crippen LogP contribution in [0.2, 0.25) is 0 Å². The quantitative estimate of drug-likeness (QED) is 0.184. The molecule has 0 aromatic carbocycles. The van der Waals surface area contributed by atoms with E-state index in [9.17, 15) is 22.9 Å². The van der Waals surface area contributed by atoms with Gasteiger partial charge in [-0.1, -0.05) is 58.3 Å². The van der Waals surface area contributed by atoms with E-state index < -0.39 is 22.0 Å². The molecule has 1 aliphatic heterocycles. The molecule has 0 radical (unpaired) electrons. The summed E-state index contributed by atoms with van der Waals surface area (Å²) in [6.45, 7) is 3.82. The average Bonchev–Trinajstić information content (AvgIpc) is 2.60. The van der Waals surface area contributed by atoms with E-state index in [4.69, 9.17) is 4.74 Å². The minimum atomic E-state index is -4.43. The normalized spacial score (nSPS) is 23.7. The maximum absolute atomic E-state index is 12.0. The molecule has 172 valence electrons. The number of nitrogens with zero attached hydrogens (tertiary/aromatic N) is 1. The van der Waals surface area contributed by atoms with Gasteiger partial charge in [-0.05, 0) is 6.42 Å². The van der Waals surface area contributed by atoms with Gasteiger partial charge in [-0.2, -0.15) is 0 Å². The third kappa shape index (κ3) is 13.3. The van der Waals surface area contributed by atoms with Crippen LogP contribution in [0.3, 0.4) is 0 Å². The topological polar surface area (TPSA) is 104 Å². The first-order valence-electron chi connectivity index (χ1n) is 11.3. The van der Waals surface area contributed by atoms with E-state index in [1.54, 1.807) is 0 Å². The van der Waals surface area contributed by atoms with Gasteiger partial charge in [-0.25, -0.2) is 8.42 Å². The number of likely N-dealkylation sites (tertiary alicyclic amines) is 1. The zero-order chi connectivity index (χ0) is 21.8. The smallest absolute Gasteiger partial charge is 0.306 e. The van der Waals surface area contributed by atoms with Crippen LogP contribution in [0, 0.1) is 0 Å². The largest absolute Gasteiger partial charge is 0.748 e. The Bertz CT molecular complexity index is 558. The molecule has 1 aliphatic rings. The molecular formula is C21H41NO6S. The molecule has 1 heterocycles. The number of hydrogen-bond acceptors (Lipinski definition) is 6. The summed E-state index contributed by atoms with van der Waals surface area (Å²) in [5.41, 5.74) is 0. The molecule has 1 atom stereocenters. The number of carbonyl (C=O) groups is 1. The zero-order valence-electron chi connectivity index (χ0n) is 18.3. The van der Waals surface area contributed by atoms with Crippen molar-refractivity contribution in [2.45, 2.75) is 96.2 Å². The number of aliphatic hydroxyl groups is 1. The van der Waals surface area contributed by atoms with Crippen molar-refractivity contribution < 1.29 is 32.1 Å². The van der Waals surface area contributed by atoms with Crippen LogP contribution in [-0.4, -0.2) is 73.2 Å². The van der Waals surface area contributed by atoms with Crippen LogP contribution in [-0.2, 0) is 19.6 Å². The van der Waals surface area contributed by atoms with Crippen LogP contribution in [0.25, 0.3) is 0 Å². The zero-order valence-corrected chi connectivity index (χ0v) is 19.1. The van der Waals surface area contributed by atoms with E-state index in [1.807, 2.05) is 7.05 Å². The number of hydrogen-bond donors (Lipinski definition) is 1. The molecule has 1 N–H and O–H groups in total. The van der Waals surface area contributed by atoms with Crippen molar-refractivity contribution in [2.75, 3.05) is 32.4 Å². The molecule has 0 spiro atoms. The molecule has 8 heteroatoms. The Hall–Kier alpha value is -0.700. The number of rotatable bonds is 15. The lowest BCUT2D eigenvalue weighted by Gasteiger charge is -2.41. The summed E-state index contributed by atoms with van der Waals surface area (Å²) in [5.74, 6) is -0.885. The molecule has 0 aromatic heterocycles. The monoisotopic (exact) mass is 435 g/mol. The second-order valence-electron chi connectivity index (χ2n) is 8.90. The maximum Gasteiger partial charge on any atom is 0.306 e. The highest BCUT2D eigenvalue weighted by molar-refractivity contribution is 7.85. The van der Waals surface area contributed by atoms with Crippen LogP contribution >= 0.6 is 0 Å². The molecule has 0 amide bonds. The predicted octanol–water partition coefficient (Wildman–Crippen LogP) is 2.97. The van der Waals surface area contributed by atoms with E-state index >= 15 is 0 Å². The Labute approximate surface area is 177 Å². The lowest BCUT2D eigenvalue weighted by atomic mass is 10.0. The third-order valence-electron chi connectivity index (χ3n) is 5.81. The second kappa shape index (κ2) is 13.6. The molecule has 0 aromatic rings. The fourth-order valence-electron chi connectivity index (χ4n) is 4.09. The standard InChI is InChI=1S/C21H41NO6S/c1-3-4-5-6-7-8-9-10-11-12-21(24)28-20-13-15-22(2,16-14-20)17-19(23)18-29(25,26)27/h19-20,23H,3-18H2,1-2H3. The van der Waals surface area contributed by atoms with Crippen molar-refractivity contribution in [2.24, 2.45) is 0 Å². The number of unbranched alkanes of at least 4 members (excludes halogenated alkanes) is 8. The number of piperidine rings is 1. The molecule has 1 fully saturated rings. The summed E-state index contributed by atoms with van der Waals surface area (Å²) >= 11 is 0. The lowest BCUT2D eigenvalue weighted by molar-refractivity contribution is -0.917. The van der Waals surface area contributed by atoms with E-state index in [2.05, 4.69) is 6.92 Å². The van der Waals surface area contributed by atoms with Crippen molar-refractivity contribution >= 4 is 16.1 Å². The van der Waals surface area contributed by atoms with Gasteiger partial charge in [0, 0.05) is 19.3 Å². The lowest BCUT2D eigenvalue weighted by Crippen LogP contribution is -2.55. The Kier molecular flexibility index (Phi) is 12.3. The van der Waals surface area contributed by atoms with Gasteiger partial charge in [0.2, 0.25) is 0 Å². The number of quaternary nitrogens is 1. The fraction of sp³-hybridized carbons (Fsp3) is 0.952. The first-order valence-corrected chi connectivity index (χ1v) is 12.9. The van der Waals surface area contributed by atoms with Crippen LogP contribution in [0.15, 0.2) is 0 Å². The minimum absolute atomic E-state index is 0.104. The molecule has 1 saturated heterocycles. The van der Waals surface area contributed by atoms with Crippen molar-refractivity contribution in [1.82, 2.24) is 0 Å². The first-order chi connectivity index (χ1) is 13.6. The second-order valence-corrected chi connectivity index (χ2v) is 10.3. The van der Waals surface area contributed by atoms with Crippen LogP contribution < -0.4 is 0 Å². The highest BCUT2D eigenvalue weighted by Crippen LogP contribution is 2.21. The maximum atomic E-state index is 12.0.